The lowest BCUT2D eigenvalue weighted by Gasteiger charge is -2.34. The lowest BCUT2D eigenvalue weighted by molar-refractivity contribution is 0.669. The van der Waals surface area contributed by atoms with E-state index in [4.69, 9.17) is 4.42 Å². The first kappa shape index (κ1) is 42.4. The summed E-state index contributed by atoms with van der Waals surface area (Å²) in [5.74, 6) is 0. The van der Waals surface area contributed by atoms with Crippen LogP contribution in [0.2, 0.25) is 0 Å². The van der Waals surface area contributed by atoms with Gasteiger partial charge in [-0.1, -0.05) is 231 Å². The summed E-state index contributed by atoms with van der Waals surface area (Å²) in [4.78, 5) is 2.34. The summed E-state index contributed by atoms with van der Waals surface area (Å²) < 4.78 is 6.74. The zero-order chi connectivity index (χ0) is 48.3. The lowest BCUT2D eigenvalue weighted by atomic mass is 9.67. The third kappa shape index (κ3) is 7.02. The summed E-state index contributed by atoms with van der Waals surface area (Å²) in [5.41, 5.74) is 21.4. The molecule has 2 nitrogen and oxygen atoms in total. The zero-order valence-corrected chi connectivity index (χ0v) is 40.0. The molecule has 2 heteroatoms. The van der Waals surface area contributed by atoms with Crippen LogP contribution in [-0.4, -0.2) is 0 Å². The molecule has 73 heavy (non-hydrogen) atoms. The highest BCUT2D eigenvalue weighted by Gasteiger charge is 2.46. The molecule has 0 saturated heterocycles. The maximum atomic E-state index is 6.74. The van der Waals surface area contributed by atoms with E-state index in [9.17, 15) is 0 Å². The van der Waals surface area contributed by atoms with Gasteiger partial charge in [0, 0.05) is 22.1 Å². The Bertz CT molecular complexity index is 4150. The third-order valence-electron chi connectivity index (χ3n) is 15.1. The summed E-state index contributed by atoms with van der Waals surface area (Å²) >= 11 is 0. The molecule has 0 atom stereocenters. The van der Waals surface area contributed by atoms with Gasteiger partial charge in [0.2, 0.25) is 0 Å². The van der Waals surface area contributed by atoms with E-state index in [0.29, 0.717) is 0 Å². The highest BCUT2D eigenvalue weighted by atomic mass is 16.3. The number of rotatable bonds is 9. The van der Waals surface area contributed by atoms with Gasteiger partial charge in [0.05, 0.1) is 11.1 Å². The molecule has 1 aromatic heterocycles. The number of furan rings is 1. The van der Waals surface area contributed by atoms with Crippen LogP contribution in [0.5, 0.6) is 0 Å². The molecule has 12 aromatic carbocycles. The Labute approximate surface area is 425 Å². The van der Waals surface area contributed by atoms with E-state index >= 15 is 0 Å². The largest absolute Gasteiger partial charge is 0.454 e. The predicted octanol–water partition coefficient (Wildman–Crippen LogP) is 19.2. The minimum absolute atomic E-state index is 0.469. The van der Waals surface area contributed by atoms with E-state index in [2.05, 4.69) is 284 Å². The number of para-hydroxylation sites is 2. The fourth-order valence-electron chi connectivity index (χ4n) is 11.8. The first-order valence-electron chi connectivity index (χ1n) is 25.1. The van der Waals surface area contributed by atoms with Crippen LogP contribution in [0.25, 0.3) is 88.3 Å². The van der Waals surface area contributed by atoms with Gasteiger partial charge >= 0.3 is 0 Å². The number of anilines is 3. The Hall–Kier alpha value is -9.50. The molecule has 0 N–H and O–H groups in total. The molecular weight excluding hydrogens is 883 g/mol. The Morgan fingerprint density at radius 3 is 1.49 bits per heavy atom. The molecule has 13 aromatic rings. The summed E-state index contributed by atoms with van der Waals surface area (Å²) in [5, 5.41) is 4.69. The minimum Gasteiger partial charge on any atom is -0.454 e. The second kappa shape index (κ2) is 17.4. The maximum Gasteiger partial charge on any atom is 0.159 e. The standard InChI is InChI=1S/C71H47NO/c1-3-23-57(24-4-1)71(58-25-5-2-6-26-58)65-31-11-9-28-64(65)69-61(29-15-32-66(69)71)50-39-43-60(44-40-50)72(67-33-16-30-63-62-27-10-12-34-68(62)73-70(63)67)59-41-37-49(38-42-59)52-19-13-20-53(45-52)54-21-14-22-55(47-54)56-36-35-48-17-7-8-18-51(48)46-56/h1-47H. The first-order valence-corrected chi connectivity index (χ1v) is 25.1. The van der Waals surface area contributed by atoms with Crippen LogP contribution in [0.1, 0.15) is 22.3 Å². The van der Waals surface area contributed by atoms with Crippen LogP contribution in [0.3, 0.4) is 0 Å². The van der Waals surface area contributed by atoms with Crippen molar-refractivity contribution in [1.82, 2.24) is 0 Å². The van der Waals surface area contributed by atoms with Gasteiger partial charge in [0.15, 0.2) is 5.58 Å². The zero-order valence-electron chi connectivity index (χ0n) is 40.0. The molecule has 14 rings (SSSR count). The van der Waals surface area contributed by atoms with Crippen molar-refractivity contribution in [2.24, 2.45) is 0 Å². The van der Waals surface area contributed by atoms with Crippen LogP contribution in [0.15, 0.2) is 290 Å². The Morgan fingerprint density at radius 2 is 0.795 bits per heavy atom. The molecule has 0 spiro atoms. The summed E-state index contributed by atoms with van der Waals surface area (Å²) in [7, 11) is 0. The van der Waals surface area contributed by atoms with E-state index in [0.717, 1.165) is 55.7 Å². The van der Waals surface area contributed by atoms with E-state index < -0.39 is 5.41 Å². The van der Waals surface area contributed by atoms with Crippen LogP contribution in [0, 0.1) is 0 Å². The number of fused-ring (bicyclic) bond motifs is 7. The van der Waals surface area contributed by atoms with Gasteiger partial charge in [-0.3, -0.25) is 0 Å². The van der Waals surface area contributed by atoms with Crippen LogP contribution < -0.4 is 4.90 Å². The van der Waals surface area contributed by atoms with Crippen molar-refractivity contribution >= 4 is 49.8 Å². The maximum absolute atomic E-state index is 6.74. The lowest BCUT2D eigenvalue weighted by Crippen LogP contribution is -2.28. The predicted molar refractivity (Wildman–Crippen MR) is 305 cm³/mol. The van der Waals surface area contributed by atoms with Crippen LogP contribution in [-0.2, 0) is 5.41 Å². The van der Waals surface area contributed by atoms with E-state index in [1.807, 2.05) is 6.07 Å². The van der Waals surface area contributed by atoms with Crippen molar-refractivity contribution in [3.8, 4) is 55.6 Å². The molecule has 1 aliphatic rings. The van der Waals surface area contributed by atoms with Gasteiger partial charge in [0.1, 0.15) is 5.58 Å². The molecule has 0 aliphatic heterocycles. The third-order valence-corrected chi connectivity index (χ3v) is 15.1. The molecule has 1 aliphatic carbocycles. The Kier molecular flexibility index (Phi) is 10.1. The van der Waals surface area contributed by atoms with E-state index in [1.165, 1.54) is 72.0 Å². The SMILES string of the molecule is c1ccc(C2(c3ccccc3)c3ccccc3-c3c(-c4ccc(N(c5ccc(-c6cccc(-c7cccc(-c8ccc9ccccc9c8)c7)c6)cc5)c5cccc6c5oc5ccccc56)cc4)cccc32)cc1. The molecule has 0 bridgehead atoms. The molecule has 0 radical (unpaired) electrons. The summed E-state index contributed by atoms with van der Waals surface area (Å²) in [6.45, 7) is 0. The van der Waals surface area contributed by atoms with Crippen molar-refractivity contribution in [3.63, 3.8) is 0 Å². The number of hydrogen-bond acceptors (Lipinski definition) is 2. The van der Waals surface area contributed by atoms with E-state index in [-0.39, 0.29) is 0 Å². The molecule has 0 saturated carbocycles. The number of benzene rings is 12. The summed E-state index contributed by atoms with van der Waals surface area (Å²) in [6.07, 6.45) is 0. The fourth-order valence-corrected chi connectivity index (χ4v) is 11.8. The van der Waals surface area contributed by atoms with Crippen molar-refractivity contribution in [2.45, 2.75) is 5.41 Å². The average Bonchev–Trinajstić information content (AvgIpc) is 4.06. The van der Waals surface area contributed by atoms with Gasteiger partial charge in [-0.25, -0.2) is 0 Å². The quantitative estimate of drug-likeness (QED) is 0.143. The second-order valence-corrected chi connectivity index (χ2v) is 19.2. The second-order valence-electron chi connectivity index (χ2n) is 19.2. The molecule has 0 fully saturated rings. The highest BCUT2D eigenvalue weighted by Crippen LogP contribution is 2.58. The molecular formula is C71H47NO. The van der Waals surface area contributed by atoms with Gasteiger partial charge in [-0.05, 0) is 143 Å². The Balaban J connectivity index is 0.857. The highest BCUT2D eigenvalue weighted by molar-refractivity contribution is 6.10. The molecule has 0 unspecified atom stereocenters. The van der Waals surface area contributed by atoms with Gasteiger partial charge in [-0.2, -0.15) is 0 Å². The fraction of sp³-hybridized carbons (Fsp3) is 0.0141. The normalized spacial score (nSPS) is 12.5. The van der Waals surface area contributed by atoms with Crippen molar-refractivity contribution in [1.29, 1.82) is 0 Å². The molecule has 1 heterocycles. The van der Waals surface area contributed by atoms with Crippen LogP contribution in [0.4, 0.5) is 17.1 Å². The smallest absolute Gasteiger partial charge is 0.159 e. The van der Waals surface area contributed by atoms with Crippen molar-refractivity contribution in [3.05, 3.63) is 307 Å². The average molecular weight is 930 g/mol. The molecule has 342 valence electrons. The van der Waals surface area contributed by atoms with Crippen LogP contribution >= 0.6 is 0 Å². The summed E-state index contributed by atoms with van der Waals surface area (Å²) in [6, 6.07) is 104. The topological polar surface area (TPSA) is 16.4 Å². The van der Waals surface area contributed by atoms with Gasteiger partial charge in [0.25, 0.3) is 0 Å². The van der Waals surface area contributed by atoms with Crippen molar-refractivity contribution < 1.29 is 4.42 Å². The Morgan fingerprint density at radius 1 is 0.301 bits per heavy atom. The minimum atomic E-state index is -0.469. The number of hydrogen-bond donors (Lipinski definition) is 0. The molecule has 0 amide bonds. The van der Waals surface area contributed by atoms with Gasteiger partial charge < -0.3 is 9.32 Å². The van der Waals surface area contributed by atoms with E-state index in [1.54, 1.807) is 0 Å². The number of nitrogens with zero attached hydrogens (tertiary/aromatic N) is 1. The van der Waals surface area contributed by atoms with Gasteiger partial charge in [-0.15, -0.1) is 0 Å². The first-order chi connectivity index (χ1) is 36.2. The monoisotopic (exact) mass is 929 g/mol. The van der Waals surface area contributed by atoms with Crippen molar-refractivity contribution in [2.75, 3.05) is 4.90 Å².